The minimum absolute atomic E-state index is 0.344. The topological polar surface area (TPSA) is 15.3 Å². The predicted octanol–water partition coefficient (Wildman–Crippen LogP) is 3.47. The second-order valence-electron chi connectivity index (χ2n) is 6.50. The standard InChI is InChI=1S/C18H30N2/c1-5-18(4,6-2)20-14-17(19-13-15(20)3)12-16-10-8-7-9-11-16/h7-11,15,17,19H,5-6,12-14H2,1-4H3. The molecule has 2 unspecified atom stereocenters. The van der Waals surface area contributed by atoms with E-state index in [0.29, 0.717) is 17.6 Å². The van der Waals surface area contributed by atoms with E-state index in [1.54, 1.807) is 0 Å². The van der Waals surface area contributed by atoms with Crippen LogP contribution in [0.1, 0.15) is 46.1 Å². The molecule has 2 rings (SSSR count). The van der Waals surface area contributed by atoms with E-state index in [2.05, 4.69) is 68.2 Å². The van der Waals surface area contributed by atoms with E-state index in [1.165, 1.54) is 18.4 Å². The van der Waals surface area contributed by atoms with Crippen LogP contribution in [0.3, 0.4) is 0 Å². The van der Waals surface area contributed by atoms with Gasteiger partial charge in [-0.2, -0.15) is 0 Å². The highest BCUT2D eigenvalue weighted by atomic mass is 15.3. The number of piperazine rings is 1. The van der Waals surface area contributed by atoms with Gasteiger partial charge in [0.15, 0.2) is 0 Å². The molecule has 20 heavy (non-hydrogen) atoms. The summed E-state index contributed by atoms with van der Waals surface area (Å²) in [7, 11) is 0. The first-order chi connectivity index (χ1) is 9.59. The highest BCUT2D eigenvalue weighted by Crippen LogP contribution is 2.28. The van der Waals surface area contributed by atoms with Crippen molar-refractivity contribution in [3.05, 3.63) is 35.9 Å². The number of nitrogens with one attached hydrogen (secondary N) is 1. The summed E-state index contributed by atoms with van der Waals surface area (Å²) in [5.41, 5.74) is 1.78. The lowest BCUT2D eigenvalue weighted by molar-refractivity contribution is 0.0216. The van der Waals surface area contributed by atoms with Crippen LogP contribution in [-0.4, -0.2) is 35.6 Å². The average molecular weight is 274 g/mol. The van der Waals surface area contributed by atoms with E-state index < -0.39 is 0 Å². The number of nitrogens with zero attached hydrogens (tertiary/aromatic N) is 1. The molecule has 1 aliphatic heterocycles. The zero-order valence-corrected chi connectivity index (χ0v) is 13.5. The molecular formula is C18H30N2. The van der Waals surface area contributed by atoms with Gasteiger partial charge in [0.05, 0.1) is 0 Å². The van der Waals surface area contributed by atoms with Crippen LogP contribution in [0.2, 0.25) is 0 Å². The van der Waals surface area contributed by atoms with Crippen molar-refractivity contribution < 1.29 is 0 Å². The first kappa shape index (κ1) is 15.5. The molecule has 2 nitrogen and oxygen atoms in total. The van der Waals surface area contributed by atoms with Gasteiger partial charge in [0.25, 0.3) is 0 Å². The van der Waals surface area contributed by atoms with Crippen LogP contribution in [0.25, 0.3) is 0 Å². The molecule has 0 aliphatic carbocycles. The van der Waals surface area contributed by atoms with E-state index in [4.69, 9.17) is 0 Å². The van der Waals surface area contributed by atoms with Crippen LogP contribution in [-0.2, 0) is 6.42 Å². The number of hydrogen-bond donors (Lipinski definition) is 1. The molecule has 2 atom stereocenters. The van der Waals surface area contributed by atoms with Gasteiger partial charge in [-0.15, -0.1) is 0 Å². The molecule has 1 aromatic rings. The Morgan fingerprint density at radius 3 is 2.45 bits per heavy atom. The summed E-state index contributed by atoms with van der Waals surface area (Å²) in [6.07, 6.45) is 3.59. The van der Waals surface area contributed by atoms with Crippen molar-refractivity contribution >= 4 is 0 Å². The number of benzene rings is 1. The van der Waals surface area contributed by atoms with Gasteiger partial charge in [0.1, 0.15) is 0 Å². The smallest absolute Gasteiger partial charge is 0.0236 e. The van der Waals surface area contributed by atoms with Crippen LogP contribution >= 0.6 is 0 Å². The van der Waals surface area contributed by atoms with Gasteiger partial charge in [0.2, 0.25) is 0 Å². The highest BCUT2D eigenvalue weighted by molar-refractivity contribution is 5.16. The summed E-state index contributed by atoms with van der Waals surface area (Å²) in [4.78, 5) is 2.73. The second kappa shape index (κ2) is 6.73. The normalized spacial score (nSPS) is 24.8. The molecule has 0 amide bonds. The maximum atomic E-state index is 3.73. The average Bonchev–Trinajstić information content (AvgIpc) is 2.49. The lowest BCUT2D eigenvalue weighted by Crippen LogP contribution is -2.62. The molecule has 1 fully saturated rings. The molecule has 1 saturated heterocycles. The maximum absolute atomic E-state index is 3.73. The molecule has 1 aliphatic rings. The first-order valence-electron chi connectivity index (χ1n) is 8.13. The largest absolute Gasteiger partial charge is 0.311 e. The lowest BCUT2D eigenvalue weighted by atomic mass is 9.89. The van der Waals surface area contributed by atoms with Gasteiger partial charge in [0, 0.05) is 30.7 Å². The Bertz CT molecular complexity index is 397. The van der Waals surface area contributed by atoms with Crippen molar-refractivity contribution in [2.75, 3.05) is 13.1 Å². The monoisotopic (exact) mass is 274 g/mol. The third-order valence-electron chi connectivity index (χ3n) is 5.19. The zero-order chi connectivity index (χ0) is 14.6. The third-order valence-corrected chi connectivity index (χ3v) is 5.19. The summed E-state index contributed by atoms with van der Waals surface area (Å²) >= 11 is 0. The van der Waals surface area contributed by atoms with E-state index in [-0.39, 0.29) is 0 Å². The van der Waals surface area contributed by atoms with E-state index in [1.807, 2.05) is 0 Å². The minimum atomic E-state index is 0.344. The number of rotatable bonds is 5. The maximum Gasteiger partial charge on any atom is 0.0236 e. The van der Waals surface area contributed by atoms with E-state index >= 15 is 0 Å². The van der Waals surface area contributed by atoms with Gasteiger partial charge in [-0.1, -0.05) is 44.2 Å². The lowest BCUT2D eigenvalue weighted by Gasteiger charge is -2.49. The van der Waals surface area contributed by atoms with Gasteiger partial charge in [-0.25, -0.2) is 0 Å². The fourth-order valence-corrected chi connectivity index (χ4v) is 3.37. The fourth-order valence-electron chi connectivity index (χ4n) is 3.37. The minimum Gasteiger partial charge on any atom is -0.311 e. The van der Waals surface area contributed by atoms with Crippen molar-refractivity contribution in [2.45, 2.75) is 64.6 Å². The van der Waals surface area contributed by atoms with E-state index in [0.717, 1.165) is 19.5 Å². The van der Waals surface area contributed by atoms with Crippen LogP contribution in [0.4, 0.5) is 0 Å². The van der Waals surface area contributed by atoms with Crippen LogP contribution in [0.15, 0.2) is 30.3 Å². The van der Waals surface area contributed by atoms with Gasteiger partial charge < -0.3 is 5.32 Å². The molecule has 2 heteroatoms. The predicted molar refractivity (Wildman–Crippen MR) is 87.1 cm³/mol. The van der Waals surface area contributed by atoms with Crippen molar-refractivity contribution in [2.24, 2.45) is 0 Å². The molecule has 0 radical (unpaired) electrons. The second-order valence-corrected chi connectivity index (χ2v) is 6.50. The number of hydrogen-bond acceptors (Lipinski definition) is 2. The molecule has 1 aromatic carbocycles. The molecular weight excluding hydrogens is 244 g/mol. The molecule has 0 bridgehead atoms. The molecule has 0 aromatic heterocycles. The van der Waals surface area contributed by atoms with Crippen molar-refractivity contribution in [3.8, 4) is 0 Å². The summed E-state index contributed by atoms with van der Waals surface area (Å²) in [6, 6.07) is 12.1. The first-order valence-corrected chi connectivity index (χ1v) is 8.13. The Hall–Kier alpha value is -0.860. The van der Waals surface area contributed by atoms with Gasteiger partial charge in [-0.3, -0.25) is 4.90 Å². The Morgan fingerprint density at radius 1 is 1.20 bits per heavy atom. The molecule has 0 saturated carbocycles. The molecule has 112 valence electrons. The molecule has 0 spiro atoms. The zero-order valence-electron chi connectivity index (χ0n) is 13.5. The summed E-state index contributed by atoms with van der Waals surface area (Å²) in [5.74, 6) is 0. The van der Waals surface area contributed by atoms with Gasteiger partial charge >= 0.3 is 0 Å². The van der Waals surface area contributed by atoms with Crippen molar-refractivity contribution in [1.29, 1.82) is 0 Å². The SMILES string of the molecule is CCC(C)(CC)N1CC(Cc2ccccc2)NCC1C. The Morgan fingerprint density at radius 2 is 1.85 bits per heavy atom. The Kier molecular flexibility index (Phi) is 5.22. The molecule has 1 N–H and O–H groups in total. The van der Waals surface area contributed by atoms with Crippen LogP contribution < -0.4 is 5.32 Å². The fraction of sp³-hybridized carbons (Fsp3) is 0.667. The molecule has 1 heterocycles. The quantitative estimate of drug-likeness (QED) is 0.884. The van der Waals surface area contributed by atoms with Crippen molar-refractivity contribution in [3.63, 3.8) is 0 Å². The van der Waals surface area contributed by atoms with Crippen LogP contribution in [0, 0.1) is 0 Å². The summed E-state index contributed by atoms with van der Waals surface area (Å²) in [6.45, 7) is 11.7. The van der Waals surface area contributed by atoms with Crippen molar-refractivity contribution in [1.82, 2.24) is 10.2 Å². The van der Waals surface area contributed by atoms with Gasteiger partial charge in [-0.05, 0) is 38.7 Å². The third kappa shape index (κ3) is 3.42. The summed E-state index contributed by atoms with van der Waals surface area (Å²) < 4.78 is 0. The van der Waals surface area contributed by atoms with E-state index in [9.17, 15) is 0 Å². The highest BCUT2D eigenvalue weighted by Gasteiger charge is 2.36. The van der Waals surface area contributed by atoms with Crippen LogP contribution in [0.5, 0.6) is 0 Å². The Balaban J connectivity index is 2.04. The Labute approximate surface area is 124 Å². The summed E-state index contributed by atoms with van der Waals surface area (Å²) in [5, 5.41) is 3.73.